The van der Waals surface area contributed by atoms with Gasteiger partial charge in [-0.3, -0.25) is 28.8 Å². The van der Waals surface area contributed by atoms with Crippen molar-refractivity contribution < 1.29 is 29.0 Å². The lowest BCUT2D eigenvalue weighted by Gasteiger charge is -2.49. The van der Waals surface area contributed by atoms with Crippen molar-refractivity contribution in [2.75, 3.05) is 12.0 Å². The number of allylic oxidation sites excluding steroid dienone is 2. The minimum atomic E-state index is -1.26. The molecule has 0 bridgehead atoms. The zero-order chi connectivity index (χ0) is 37.1. The number of anilines is 1. The molecule has 2 saturated carbocycles. The average Bonchev–Trinajstić information content (AvgIpc) is 3.82. The third-order valence-corrected chi connectivity index (χ3v) is 14.5. The Hall–Kier alpha value is -4.48. The van der Waals surface area contributed by atoms with E-state index in [-0.39, 0.29) is 41.8 Å². The standard InChI is InChI=1S/C41H41ClN4O6S/c1-20-27-16-21(42)10-15-32(27)53-36(20)30-19-33(44(3)43-30)46-38(49)29-18-28-24(35(41(29,2)40(46)51)25-12-11-23(47)17-31(25)52-4)13-14-26-34(28)39(50)45(37(26)48)22-8-6-5-7-9-22/h10-13,15-17,19,22,26,28-29,34-35,47H,5-9,14,18H2,1-4H3. The fraction of sp³-hybridized carbons (Fsp3) is 0.439. The summed E-state index contributed by atoms with van der Waals surface area (Å²) in [6.07, 6.45) is 7.43. The van der Waals surface area contributed by atoms with Crippen LogP contribution in [0.4, 0.5) is 5.82 Å². The molecule has 2 saturated heterocycles. The van der Waals surface area contributed by atoms with E-state index in [0.29, 0.717) is 34.3 Å². The van der Waals surface area contributed by atoms with Crippen LogP contribution in [0, 0.1) is 36.0 Å². The molecule has 12 heteroatoms. The largest absolute Gasteiger partial charge is 0.508 e. The van der Waals surface area contributed by atoms with Crippen molar-refractivity contribution in [3.8, 4) is 22.1 Å². The maximum atomic E-state index is 15.1. The number of aromatic hydroxyl groups is 1. The number of phenols is 1. The second kappa shape index (κ2) is 12.3. The molecule has 0 radical (unpaired) electrons. The van der Waals surface area contributed by atoms with Crippen molar-refractivity contribution in [1.82, 2.24) is 14.7 Å². The van der Waals surface area contributed by atoms with E-state index in [9.17, 15) is 19.5 Å². The van der Waals surface area contributed by atoms with Crippen molar-refractivity contribution in [3.63, 3.8) is 0 Å². The normalized spacial score (nSPS) is 28.8. The predicted molar refractivity (Wildman–Crippen MR) is 202 cm³/mol. The number of thiophene rings is 1. The maximum absolute atomic E-state index is 15.1. The highest BCUT2D eigenvalue weighted by Gasteiger charge is 2.68. The highest BCUT2D eigenvalue weighted by molar-refractivity contribution is 7.22. The van der Waals surface area contributed by atoms with Crippen molar-refractivity contribution in [3.05, 3.63) is 70.3 Å². The van der Waals surface area contributed by atoms with E-state index in [1.54, 1.807) is 46.2 Å². The Morgan fingerprint density at radius 3 is 2.51 bits per heavy atom. The Morgan fingerprint density at radius 2 is 1.75 bits per heavy atom. The van der Waals surface area contributed by atoms with Gasteiger partial charge in [-0.2, -0.15) is 5.10 Å². The van der Waals surface area contributed by atoms with Gasteiger partial charge < -0.3 is 9.84 Å². The molecule has 0 spiro atoms. The molecule has 9 rings (SSSR count). The fourth-order valence-electron chi connectivity index (χ4n) is 10.5. The van der Waals surface area contributed by atoms with Crippen LogP contribution in [0.25, 0.3) is 20.7 Å². The second-order valence-corrected chi connectivity index (χ2v) is 17.1. The van der Waals surface area contributed by atoms with Crippen LogP contribution in [0.2, 0.25) is 5.02 Å². The number of likely N-dealkylation sites (tertiary alicyclic amines) is 1. The maximum Gasteiger partial charge on any atom is 0.242 e. The lowest BCUT2D eigenvalue weighted by atomic mass is 9.51. The predicted octanol–water partition coefficient (Wildman–Crippen LogP) is 7.54. The monoisotopic (exact) mass is 752 g/mol. The van der Waals surface area contributed by atoms with Crippen molar-refractivity contribution in [2.45, 2.75) is 70.8 Å². The van der Waals surface area contributed by atoms with E-state index in [0.717, 1.165) is 58.2 Å². The molecule has 2 aromatic heterocycles. The van der Waals surface area contributed by atoms with Gasteiger partial charge in [0.15, 0.2) is 0 Å². The minimum absolute atomic E-state index is 0.00806. The number of carbonyl (C=O) groups excluding carboxylic acids is 4. The van der Waals surface area contributed by atoms with Crippen LogP contribution < -0.4 is 9.64 Å². The number of benzene rings is 2. The van der Waals surface area contributed by atoms with Gasteiger partial charge in [-0.05, 0) is 80.7 Å². The molecule has 3 aliphatic carbocycles. The lowest BCUT2D eigenvalue weighted by molar-refractivity contribution is -0.144. The number of phenolic OH excluding ortho intramolecular Hbond substituents is 1. The molecule has 4 aromatic rings. The van der Waals surface area contributed by atoms with Crippen molar-refractivity contribution >= 4 is 62.5 Å². The summed E-state index contributed by atoms with van der Waals surface area (Å²) in [5.74, 6) is -3.18. The number of ether oxygens (including phenoxy) is 1. The number of hydrogen-bond donors (Lipinski definition) is 1. The van der Waals surface area contributed by atoms with E-state index >= 15 is 4.79 Å². The van der Waals surface area contributed by atoms with E-state index in [2.05, 4.69) is 6.08 Å². The van der Waals surface area contributed by atoms with Gasteiger partial charge in [0.25, 0.3) is 0 Å². The van der Waals surface area contributed by atoms with Gasteiger partial charge in [0, 0.05) is 46.4 Å². The van der Waals surface area contributed by atoms with E-state index < -0.39 is 35.0 Å². The zero-order valence-electron chi connectivity index (χ0n) is 30.1. The number of aryl methyl sites for hydroxylation is 2. The number of carbonyl (C=O) groups is 4. The van der Waals surface area contributed by atoms with Gasteiger partial charge in [-0.1, -0.05) is 48.6 Å². The molecule has 5 aliphatic rings. The highest BCUT2D eigenvalue weighted by atomic mass is 35.5. The van der Waals surface area contributed by atoms with E-state index in [4.69, 9.17) is 21.4 Å². The van der Waals surface area contributed by atoms with Gasteiger partial charge >= 0.3 is 0 Å². The van der Waals surface area contributed by atoms with Crippen molar-refractivity contribution in [1.29, 1.82) is 0 Å². The number of rotatable bonds is 5. The summed E-state index contributed by atoms with van der Waals surface area (Å²) in [7, 11) is 3.25. The molecule has 53 heavy (non-hydrogen) atoms. The first-order chi connectivity index (χ1) is 25.4. The molecule has 4 amide bonds. The Balaban J connectivity index is 1.16. The molecule has 10 nitrogen and oxygen atoms in total. The smallest absolute Gasteiger partial charge is 0.242 e. The first-order valence-corrected chi connectivity index (χ1v) is 19.7. The molecule has 2 aliphatic heterocycles. The Labute approximate surface area is 316 Å². The zero-order valence-corrected chi connectivity index (χ0v) is 31.7. The van der Waals surface area contributed by atoms with E-state index in [1.165, 1.54) is 18.1 Å². The minimum Gasteiger partial charge on any atom is -0.508 e. The van der Waals surface area contributed by atoms with Gasteiger partial charge in [0.05, 0.1) is 35.2 Å². The number of imide groups is 2. The van der Waals surface area contributed by atoms with Crippen LogP contribution in [-0.2, 0) is 26.2 Å². The first kappa shape index (κ1) is 34.3. The topological polar surface area (TPSA) is 122 Å². The molecule has 2 aromatic carbocycles. The molecule has 4 heterocycles. The summed E-state index contributed by atoms with van der Waals surface area (Å²) in [5.41, 5.74) is 1.93. The number of amides is 4. The number of aromatic nitrogens is 2. The molecule has 1 N–H and O–H groups in total. The summed E-state index contributed by atoms with van der Waals surface area (Å²) in [4.78, 5) is 62.3. The van der Waals surface area contributed by atoms with Crippen LogP contribution in [0.1, 0.15) is 68.9 Å². The quantitative estimate of drug-likeness (QED) is 0.165. The summed E-state index contributed by atoms with van der Waals surface area (Å²) in [6.45, 7) is 3.87. The van der Waals surface area contributed by atoms with E-state index in [1.807, 2.05) is 32.0 Å². The van der Waals surface area contributed by atoms with Gasteiger partial charge in [-0.15, -0.1) is 11.3 Å². The Kier molecular flexibility index (Phi) is 7.95. The third kappa shape index (κ3) is 4.85. The highest BCUT2D eigenvalue weighted by Crippen LogP contribution is 2.65. The summed E-state index contributed by atoms with van der Waals surface area (Å²) >= 11 is 7.90. The van der Waals surface area contributed by atoms with Gasteiger partial charge in [0.2, 0.25) is 23.6 Å². The third-order valence-electron chi connectivity index (χ3n) is 13.0. The number of methoxy groups -OCH3 is 1. The Morgan fingerprint density at radius 1 is 0.981 bits per heavy atom. The number of nitrogens with zero attached hydrogens (tertiary/aromatic N) is 4. The summed E-state index contributed by atoms with van der Waals surface area (Å²) in [6, 6.07) is 12.3. The van der Waals surface area contributed by atoms with Crippen LogP contribution in [0.3, 0.4) is 0 Å². The molecule has 6 atom stereocenters. The first-order valence-electron chi connectivity index (χ1n) is 18.5. The number of hydrogen-bond acceptors (Lipinski definition) is 8. The molecular formula is C41H41ClN4O6S. The summed E-state index contributed by atoms with van der Waals surface area (Å²) < 4.78 is 8.46. The molecule has 4 fully saturated rings. The number of fused-ring (bicyclic) bond motifs is 5. The number of halogens is 1. The Bertz CT molecular complexity index is 2290. The van der Waals surface area contributed by atoms with Crippen molar-refractivity contribution in [2.24, 2.45) is 36.1 Å². The van der Waals surface area contributed by atoms with Gasteiger partial charge in [0.1, 0.15) is 23.0 Å². The summed E-state index contributed by atoms with van der Waals surface area (Å²) in [5, 5.41) is 16.9. The fourth-order valence-corrected chi connectivity index (χ4v) is 11.8. The van der Waals surface area contributed by atoms with Crippen LogP contribution >= 0.6 is 22.9 Å². The van der Waals surface area contributed by atoms with Crippen LogP contribution in [0.15, 0.2) is 54.1 Å². The molecular weight excluding hydrogens is 712 g/mol. The average molecular weight is 753 g/mol. The molecule has 6 unspecified atom stereocenters. The SMILES string of the molecule is COc1cc(O)ccc1C1C2=CCC3C(=O)N(C4CCCCC4)C(=O)C3C2CC2C(=O)N(c3cc(-c4sc5ccc(Cl)cc5c4C)nn3C)C(=O)C21C. The van der Waals surface area contributed by atoms with Crippen LogP contribution in [-0.4, -0.2) is 56.6 Å². The van der Waals surface area contributed by atoms with Crippen LogP contribution in [0.5, 0.6) is 11.5 Å². The lowest BCUT2D eigenvalue weighted by Crippen LogP contribution is -2.49. The molecule has 274 valence electrons. The van der Waals surface area contributed by atoms with Gasteiger partial charge in [-0.25, -0.2) is 4.90 Å². The second-order valence-electron chi connectivity index (χ2n) is 15.6.